The molecule has 0 amide bonds. The minimum absolute atomic E-state index is 0.0352. The Morgan fingerprint density at radius 3 is 2.92 bits per heavy atom. The third-order valence-corrected chi connectivity index (χ3v) is 1.89. The first-order chi connectivity index (χ1) is 6.24. The fourth-order valence-electron chi connectivity index (χ4n) is 0.810. The highest BCUT2D eigenvalue weighted by Gasteiger charge is 1.99. The molecule has 0 saturated carbocycles. The van der Waals surface area contributed by atoms with Gasteiger partial charge in [0.1, 0.15) is 0 Å². The van der Waals surface area contributed by atoms with Gasteiger partial charge in [0, 0.05) is 12.1 Å². The van der Waals surface area contributed by atoms with Crippen molar-refractivity contribution in [2.45, 2.75) is 6.42 Å². The Bertz CT molecular complexity index is 312. The molecule has 0 aliphatic rings. The summed E-state index contributed by atoms with van der Waals surface area (Å²) >= 11 is 11.0. The van der Waals surface area contributed by atoms with Crippen molar-refractivity contribution in [3.63, 3.8) is 0 Å². The van der Waals surface area contributed by atoms with Crippen molar-refractivity contribution in [3.05, 3.63) is 34.9 Å². The van der Waals surface area contributed by atoms with Crippen LogP contribution in [0.2, 0.25) is 5.02 Å². The summed E-state index contributed by atoms with van der Waals surface area (Å²) in [5, 5.41) is 0.0352. The molecule has 4 heteroatoms. The summed E-state index contributed by atoms with van der Waals surface area (Å²) < 4.78 is 12.6. The van der Waals surface area contributed by atoms with E-state index in [1.54, 1.807) is 6.08 Å². The molecule has 0 saturated heterocycles. The Balaban J connectivity index is 2.73. The van der Waals surface area contributed by atoms with Crippen molar-refractivity contribution < 1.29 is 4.39 Å². The predicted molar refractivity (Wildman–Crippen MR) is 53.6 cm³/mol. The number of alkyl halides is 1. The van der Waals surface area contributed by atoms with Crippen molar-refractivity contribution in [2.24, 2.45) is 0 Å². The van der Waals surface area contributed by atoms with Crippen LogP contribution in [0.1, 0.15) is 12.0 Å². The van der Waals surface area contributed by atoms with Crippen molar-refractivity contribution in [1.82, 2.24) is 4.98 Å². The van der Waals surface area contributed by atoms with Gasteiger partial charge in [0.15, 0.2) is 0 Å². The first-order valence-corrected chi connectivity index (χ1v) is 4.69. The standard InChI is InChI=1S/C9H8Cl2FN/c10-4-2-1-3-7-5-8(11)9(12)13-6-7/h1,3,5-6H,2,4H2. The van der Waals surface area contributed by atoms with Crippen LogP contribution in [-0.2, 0) is 0 Å². The van der Waals surface area contributed by atoms with Crippen LogP contribution in [0.25, 0.3) is 6.08 Å². The number of rotatable bonds is 3. The Hall–Kier alpha value is -0.600. The molecular weight excluding hydrogens is 212 g/mol. The van der Waals surface area contributed by atoms with Crippen LogP contribution in [0, 0.1) is 5.95 Å². The summed E-state index contributed by atoms with van der Waals surface area (Å²) in [5.41, 5.74) is 0.775. The van der Waals surface area contributed by atoms with Crippen LogP contribution in [0.3, 0.4) is 0 Å². The van der Waals surface area contributed by atoms with Gasteiger partial charge < -0.3 is 0 Å². The molecule has 0 bridgehead atoms. The maximum Gasteiger partial charge on any atom is 0.231 e. The van der Waals surface area contributed by atoms with Crippen molar-refractivity contribution in [1.29, 1.82) is 0 Å². The lowest BCUT2D eigenvalue weighted by Gasteiger charge is -1.94. The Morgan fingerprint density at radius 2 is 2.31 bits per heavy atom. The van der Waals surface area contributed by atoms with Crippen LogP contribution >= 0.6 is 23.2 Å². The van der Waals surface area contributed by atoms with Crippen LogP contribution in [-0.4, -0.2) is 10.9 Å². The maximum atomic E-state index is 12.6. The van der Waals surface area contributed by atoms with Crippen LogP contribution < -0.4 is 0 Å². The van der Waals surface area contributed by atoms with E-state index < -0.39 is 5.95 Å². The zero-order chi connectivity index (χ0) is 9.68. The van der Waals surface area contributed by atoms with E-state index >= 15 is 0 Å². The fraction of sp³-hybridized carbons (Fsp3) is 0.222. The molecule has 0 aromatic carbocycles. The summed E-state index contributed by atoms with van der Waals surface area (Å²) in [4.78, 5) is 3.47. The molecule has 1 nitrogen and oxygen atoms in total. The quantitative estimate of drug-likeness (QED) is 0.561. The van der Waals surface area contributed by atoms with Gasteiger partial charge in [-0.3, -0.25) is 0 Å². The van der Waals surface area contributed by atoms with E-state index in [-0.39, 0.29) is 5.02 Å². The van der Waals surface area contributed by atoms with E-state index in [9.17, 15) is 4.39 Å². The molecule has 0 atom stereocenters. The van der Waals surface area contributed by atoms with Gasteiger partial charge in [-0.15, -0.1) is 11.6 Å². The minimum Gasteiger partial charge on any atom is -0.226 e. The summed E-state index contributed by atoms with van der Waals surface area (Å²) in [6, 6.07) is 1.52. The molecule has 1 aromatic heterocycles. The van der Waals surface area contributed by atoms with Crippen LogP contribution in [0.4, 0.5) is 4.39 Å². The summed E-state index contributed by atoms with van der Waals surface area (Å²) in [6.45, 7) is 0. The molecule has 0 aliphatic carbocycles. The molecule has 13 heavy (non-hydrogen) atoms. The second-order valence-electron chi connectivity index (χ2n) is 2.42. The number of pyridine rings is 1. The molecule has 1 heterocycles. The van der Waals surface area contributed by atoms with Gasteiger partial charge in [-0.25, -0.2) is 4.98 Å². The highest BCUT2D eigenvalue weighted by atomic mass is 35.5. The molecule has 1 aromatic rings. The summed E-state index contributed by atoms with van der Waals surface area (Å²) in [5.74, 6) is -0.0741. The normalized spacial score (nSPS) is 11.0. The molecular formula is C9H8Cl2FN. The average Bonchev–Trinajstić information content (AvgIpc) is 2.12. The number of allylic oxidation sites excluding steroid dienone is 1. The molecule has 1 rings (SSSR count). The fourth-order valence-corrected chi connectivity index (χ4v) is 1.11. The van der Waals surface area contributed by atoms with Gasteiger partial charge in [0.25, 0.3) is 0 Å². The van der Waals surface area contributed by atoms with Gasteiger partial charge in [0.2, 0.25) is 5.95 Å². The maximum absolute atomic E-state index is 12.6. The van der Waals surface area contributed by atoms with E-state index in [0.717, 1.165) is 12.0 Å². The molecule has 70 valence electrons. The summed E-state index contributed by atoms with van der Waals surface area (Å²) in [6.07, 6.45) is 5.89. The van der Waals surface area contributed by atoms with E-state index in [2.05, 4.69) is 4.98 Å². The van der Waals surface area contributed by atoms with Crippen molar-refractivity contribution >= 4 is 29.3 Å². The largest absolute Gasteiger partial charge is 0.231 e. The van der Waals surface area contributed by atoms with E-state index in [1.165, 1.54) is 12.3 Å². The SMILES string of the molecule is Fc1ncc(C=CCCCl)cc1Cl. The van der Waals surface area contributed by atoms with Gasteiger partial charge in [-0.2, -0.15) is 4.39 Å². The zero-order valence-corrected chi connectivity index (χ0v) is 8.32. The monoisotopic (exact) mass is 219 g/mol. The minimum atomic E-state index is -0.642. The molecule has 0 N–H and O–H groups in total. The van der Waals surface area contributed by atoms with Crippen LogP contribution in [0.15, 0.2) is 18.3 Å². The smallest absolute Gasteiger partial charge is 0.226 e. The number of hydrogen-bond donors (Lipinski definition) is 0. The lowest BCUT2D eigenvalue weighted by atomic mass is 10.2. The lowest BCUT2D eigenvalue weighted by molar-refractivity contribution is 0.584. The number of halogens is 3. The second kappa shape index (κ2) is 5.20. The molecule has 0 spiro atoms. The Labute approximate surface area is 86.2 Å². The highest BCUT2D eigenvalue weighted by molar-refractivity contribution is 6.30. The molecule has 0 aliphatic heterocycles. The number of aromatic nitrogens is 1. The number of hydrogen-bond acceptors (Lipinski definition) is 1. The van der Waals surface area contributed by atoms with E-state index in [4.69, 9.17) is 23.2 Å². The van der Waals surface area contributed by atoms with Gasteiger partial charge in [0.05, 0.1) is 5.02 Å². The van der Waals surface area contributed by atoms with Crippen molar-refractivity contribution in [3.8, 4) is 0 Å². The van der Waals surface area contributed by atoms with Gasteiger partial charge in [-0.05, 0) is 18.1 Å². The molecule has 0 unspecified atom stereocenters. The Kier molecular flexibility index (Phi) is 4.19. The van der Waals surface area contributed by atoms with E-state index in [0.29, 0.717) is 5.88 Å². The average molecular weight is 220 g/mol. The van der Waals surface area contributed by atoms with E-state index in [1.807, 2.05) is 6.08 Å². The van der Waals surface area contributed by atoms with Gasteiger partial charge in [-0.1, -0.05) is 23.8 Å². The zero-order valence-electron chi connectivity index (χ0n) is 6.80. The third kappa shape index (κ3) is 3.33. The topological polar surface area (TPSA) is 12.9 Å². The Morgan fingerprint density at radius 1 is 1.54 bits per heavy atom. The lowest BCUT2D eigenvalue weighted by Crippen LogP contribution is -1.84. The van der Waals surface area contributed by atoms with Crippen molar-refractivity contribution in [2.75, 3.05) is 5.88 Å². The second-order valence-corrected chi connectivity index (χ2v) is 3.21. The first kappa shape index (κ1) is 10.5. The summed E-state index contributed by atoms with van der Waals surface area (Å²) in [7, 11) is 0. The molecule has 0 fully saturated rings. The number of nitrogens with zero attached hydrogens (tertiary/aromatic N) is 1. The first-order valence-electron chi connectivity index (χ1n) is 3.77. The third-order valence-electron chi connectivity index (χ3n) is 1.40. The highest BCUT2D eigenvalue weighted by Crippen LogP contribution is 2.14. The van der Waals surface area contributed by atoms with Crippen LogP contribution in [0.5, 0.6) is 0 Å². The predicted octanol–water partition coefficient (Wildman–Crippen LogP) is 3.52. The molecule has 0 radical (unpaired) electrons. The van der Waals surface area contributed by atoms with Gasteiger partial charge >= 0.3 is 0 Å².